The summed E-state index contributed by atoms with van der Waals surface area (Å²) in [4.78, 5) is 11.2. The molecule has 0 fully saturated rings. The number of nitrogens with two attached hydrogens (primary N) is 2. The molecule has 0 aromatic heterocycles. The van der Waals surface area contributed by atoms with Gasteiger partial charge in [-0.25, -0.2) is 0 Å². The molecule has 0 saturated heterocycles. The van der Waals surface area contributed by atoms with Gasteiger partial charge in [0.05, 0.1) is 0 Å². The SMILES string of the molecule is NC(=O)C1(N)CCc2cc(Cl)ccc21. The van der Waals surface area contributed by atoms with Gasteiger partial charge in [0.2, 0.25) is 5.91 Å². The van der Waals surface area contributed by atoms with Crippen molar-refractivity contribution in [2.75, 3.05) is 0 Å². The van der Waals surface area contributed by atoms with Gasteiger partial charge in [0.15, 0.2) is 0 Å². The van der Waals surface area contributed by atoms with Crippen molar-refractivity contribution in [3.8, 4) is 0 Å². The van der Waals surface area contributed by atoms with Gasteiger partial charge in [-0.3, -0.25) is 4.79 Å². The predicted octanol–water partition coefficient (Wildman–Crippen LogP) is 0.926. The van der Waals surface area contributed by atoms with Gasteiger partial charge in [-0.2, -0.15) is 0 Å². The van der Waals surface area contributed by atoms with Crippen molar-refractivity contribution in [3.63, 3.8) is 0 Å². The van der Waals surface area contributed by atoms with E-state index in [1.54, 1.807) is 12.1 Å². The molecule has 14 heavy (non-hydrogen) atoms. The second-order valence-corrected chi connectivity index (χ2v) is 4.07. The summed E-state index contributed by atoms with van der Waals surface area (Å²) in [6, 6.07) is 5.36. The Bertz CT molecular complexity index is 405. The maximum Gasteiger partial charge on any atom is 0.242 e. The Kier molecular flexibility index (Phi) is 2.01. The fourth-order valence-corrected chi connectivity index (χ4v) is 2.12. The first-order chi connectivity index (χ1) is 6.54. The zero-order chi connectivity index (χ0) is 10.3. The van der Waals surface area contributed by atoms with Gasteiger partial charge in [-0.1, -0.05) is 17.7 Å². The van der Waals surface area contributed by atoms with Crippen LogP contribution in [0.4, 0.5) is 0 Å². The Morgan fingerprint density at radius 2 is 2.21 bits per heavy atom. The molecule has 1 aromatic carbocycles. The van der Waals surface area contributed by atoms with Crippen LogP contribution >= 0.6 is 11.6 Å². The lowest BCUT2D eigenvalue weighted by Gasteiger charge is -2.20. The van der Waals surface area contributed by atoms with Gasteiger partial charge >= 0.3 is 0 Å². The summed E-state index contributed by atoms with van der Waals surface area (Å²) in [5.41, 5.74) is 12.1. The van der Waals surface area contributed by atoms with Gasteiger partial charge in [0, 0.05) is 5.02 Å². The third-order valence-corrected chi connectivity index (χ3v) is 3.01. The summed E-state index contributed by atoms with van der Waals surface area (Å²) in [6.45, 7) is 0. The normalized spacial score (nSPS) is 24.7. The maximum atomic E-state index is 11.2. The number of carbonyl (C=O) groups is 1. The highest BCUT2D eigenvalue weighted by molar-refractivity contribution is 6.30. The van der Waals surface area contributed by atoms with E-state index in [-0.39, 0.29) is 0 Å². The van der Waals surface area contributed by atoms with Gasteiger partial charge < -0.3 is 11.5 Å². The van der Waals surface area contributed by atoms with Crippen LogP contribution < -0.4 is 11.5 Å². The summed E-state index contributed by atoms with van der Waals surface area (Å²) in [7, 11) is 0. The molecular weight excluding hydrogens is 200 g/mol. The fraction of sp³-hybridized carbons (Fsp3) is 0.300. The second-order valence-electron chi connectivity index (χ2n) is 3.64. The lowest BCUT2D eigenvalue weighted by atomic mass is 9.92. The van der Waals surface area contributed by atoms with Gasteiger partial charge in [-0.15, -0.1) is 0 Å². The minimum Gasteiger partial charge on any atom is -0.368 e. The molecule has 0 heterocycles. The molecular formula is C10H11ClN2O. The highest BCUT2D eigenvalue weighted by atomic mass is 35.5. The van der Waals surface area contributed by atoms with E-state index in [0.717, 1.165) is 17.5 Å². The number of benzene rings is 1. The maximum absolute atomic E-state index is 11.2. The zero-order valence-corrected chi connectivity index (χ0v) is 8.34. The van der Waals surface area contributed by atoms with Crippen LogP contribution in [0.5, 0.6) is 0 Å². The summed E-state index contributed by atoms with van der Waals surface area (Å²) in [5.74, 6) is -0.474. The number of hydrogen-bond acceptors (Lipinski definition) is 2. The Hall–Kier alpha value is -1.06. The van der Waals surface area contributed by atoms with Gasteiger partial charge in [-0.05, 0) is 36.1 Å². The highest BCUT2D eigenvalue weighted by Gasteiger charge is 2.40. The predicted molar refractivity (Wildman–Crippen MR) is 54.8 cm³/mol. The van der Waals surface area contributed by atoms with Crippen LogP contribution in [-0.4, -0.2) is 5.91 Å². The molecule has 1 aliphatic carbocycles. The highest BCUT2D eigenvalue weighted by Crippen LogP contribution is 2.35. The molecule has 4 N–H and O–H groups in total. The summed E-state index contributed by atoms with van der Waals surface area (Å²) < 4.78 is 0. The largest absolute Gasteiger partial charge is 0.368 e. The number of rotatable bonds is 1. The molecule has 2 rings (SSSR count). The monoisotopic (exact) mass is 210 g/mol. The Balaban J connectivity index is 2.55. The molecule has 1 atom stereocenters. The van der Waals surface area contributed by atoms with Gasteiger partial charge in [0.25, 0.3) is 0 Å². The molecule has 0 saturated carbocycles. The van der Waals surface area contributed by atoms with Crippen molar-refractivity contribution in [2.24, 2.45) is 11.5 Å². The number of hydrogen-bond donors (Lipinski definition) is 2. The molecule has 4 heteroatoms. The van der Waals surface area contributed by atoms with Crippen molar-refractivity contribution in [1.82, 2.24) is 0 Å². The van der Waals surface area contributed by atoms with Crippen molar-refractivity contribution < 1.29 is 4.79 Å². The van der Waals surface area contributed by atoms with Gasteiger partial charge in [0.1, 0.15) is 5.54 Å². The molecule has 1 unspecified atom stereocenters. The summed E-state index contributed by atoms with van der Waals surface area (Å²) >= 11 is 5.84. The average Bonchev–Trinajstić information content (AvgIpc) is 2.45. The van der Waals surface area contributed by atoms with E-state index in [1.165, 1.54) is 0 Å². The number of primary amides is 1. The molecule has 1 aliphatic rings. The molecule has 1 aromatic rings. The topological polar surface area (TPSA) is 69.1 Å². The Morgan fingerprint density at radius 3 is 2.86 bits per heavy atom. The Labute approximate surface area is 87.0 Å². The van der Waals surface area contributed by atoms with E-state index in [0.29, 0.717) is 11.4 Å². The van der Waals surface area contributed by atoms with Crippen LogP contribution in [-0.2, 0) is 16.8 Å². The number of carbonyl (C=O) groups excluding carboxylic acids is 1. The zero-order valence-electron chi connectivity index (χ0n) is 7.59. The van der Waals surface area contributed by atoms with E-state index in [4.69, 9.17) is 23.1 Å². The number of amides is 1. The van der Waals surface area contributed by atoms with E-state index in [2.05, 4.69) is 0 Å². The summed E-state index contributed by atoms with van der Waals surface area (Å²) in [5, 5.41) is 0.664. The van der Waals surface area contributed by atoms with Crippen molar-refractivity contribution >= 4 is 17.5 Å². The third-order valence-electron chi connectivity index (χ3n) is 2.78. The molecule has 3 nitrogen and oxygen atoms in total. The van der Waals surface area contributed by atoms with E-state index < -0.39 is 11.4 Å². The van der Waals surface area contributed by atoms with Crippen molar-refractivity contribution in [3.05, 3.63) is 34.3 Å². The number of fused-ring (bicyclic) bond motifs is 1. The summed E-state index contributed by atoms with van der Waals surface area (Å²) in [6.07, 6.45) is 1.33. The lowest BCUT2D eigenvalue weighted by molar-refractivity contribution is -0.123. The first-order valence-electron chi connectivity index (χ1n) is 4.42. The van der Waals surface area contributed by atoms with Crippen LogP contribution in [0.1, 0.15) is 17.5 Å². The van der Waals surface area contributed by atoms with Crippen LogP contribution in [0.15, 0.2) is 18.2 Å². The first kappa shape index (κ1) is 9.49. The van der Waals surface area contributed by atoms with Crippen LogP contribution in [0.3, 0.4) is 0 Å². The molecule has 74 valence electrons. The quantitative estimate of drug-likeness (QED) is 0.724. The van der Waals surface area contributed by atoms with E-state index in [1.807, 2.05) is 6.07 Å². The number of halogens is 1. The molecule has 0 bridgehead atoms. The average molecular weight is 211 g/mol. The standard InChI is InChI=1S/C10H11ClN2O/c11-7-1-2-8-6(5-7)3-4-10(8,13)9(12)14/h1-2,5H,3-4,13H2,(H2,12,14). The first-order valence-corrected chi connectivity index (χ1v) is 4.79. The second kappa shape index (κ2) is 2.97. The van der Waals surface area contributed by atoms with Crippen LogP contribution in [0.2, 0.25) is 5.02 Å². The smallest absolute Gasteiger partial charge is 0.242 e. The lowest BCUT2D eigenvalue weighted by Crippen LogP contribution is -2.47. The molecule has 0 aliphatic heterocycles. The molecule has 0 spiro atoms. The van der Waals surface area contributed by atoms with Crippen LogP contribution in [0, 0.1) is 0 Å². The molecule has 1 amide bonds. The minimum absolute atomic E-state index is 0.474. The van der Waals surface area contributed by atoms with Crippen LogP contribution in [0.25, 0.3) is 0 Å². The van der Waals surface area contributed by atoms with E-state index in [9.17, 15) is 4.79 Å². The molecule has 0 radical (unpaired) electrons. The minimum atomic E-state index is -1.00. The third kappa shape index (κ3) is 1.21. The number of aryl methyl sites for hydroxylation is 1. The fourth-order valence-electron chi connectivity index (χ4n) is 1.93. The Morgan fingerprint density at radius 1 is 1.50 bits per heavy atom. The van der Waals surface area contributed by atoms with Crippen molar-refractivity contribution in [2.45, 2.75) is 18.4 Å². The van der Waals surface area contributed by atoms with E-state index >= 15 is 0 Å². The van der Waals surface area contributed by atoms with Crippen molar-refractivity contribution in [1.29, 1.82) is 0 Å².